The van der Waals surface area contributed by atoms with E-state index >= 15 is 0 Å². The molecule has 0 fully saturated rings. The van der Waals surface area contributed by atoms with Gasteiger partial charge in [0, 0.05) is 22.5 Å². The Hall–Kier alpha value is -7.22. The lowest BCUT2D eigenvalue weighted by atomic mass is 9.82. The van der Waals surface area contributed by atoms with Gasteiger partial charge >= 0.3 is 0 Å². The number of hydrogen-bond acceptors (Lipinski definition) is 1. The highest BCUT2D eigenvalue weighted by Crippen LogP contribution is 2.51. The van der Waals surface area contributed by atoms with E-state index in [-0.39, 0.29) is 5.41 Å². The molecule has 0 radical (unpaired) electrons. The van der Waals surface area contributed by atoms with Crippen LogP contribution >= 0.6 is 0 Å². The zero-order chi connectivity index (χ0) is 38.8. The topological polar surface area (TPSA) is 3.24 Å². The molecule has 274 valence electrons. The lowest BCUT2D eigenvalue weighted by molar-refractivity contribution is 0.660. The molecular formula is C57H41N. The number of rotatable bonds is 6. The van der Waals surface area contributed by atoms with Crippen molar-refractivity contribution < 1.29 is 0 Å². The predicted octanol–water partition coefficient (Wildman–Crippen LogP) is 15.9. The fraction of sp³-hybridized carbons (Fsp3) is 0.0526. The maximum absolute atomic E-state index is 2.41. The van der Waals surface area contributed by atoms with E-state index in [4.69, 9.17) is 0 Å². The van der Waals surface area contributed by atoms with Gasteiger partial charge in [0.05, 0.1) is 0 Å². The molecule has 0 saturated heterocycles. The molecule has 0 atom stereocenters. The van der Waals surface area contributed by atoms with Crippen LogP contribution in [-0.2, 0) is 5.41 Å². The molecule has 0 N–H and O–H groups in total. The van der Waals surface area contributed by atoms with Gasteiger partial charge in [0.2, 0.25) is 0 Å². The zero-order valence-electron chi connectivity index (χ0n) is 32.7. The molecule has 0 spiro atoms. The molecule has 1 nitrogen and oxygen atoms in total. The quantitative estimate of drug-likeness (QED) is 0.154. The highest BCUT2D eigenvalue weighted by atomic mass is 15.1. The minimum Gasteiger partial charge on any atom is -0.310 e. The van der Waals surface area contributed by atoms with Crippen molar-refractivity contribution in [3.63, 3.8) is 0 Å². The van der Waals surface area contributed by atoms with Gasteiger partial charge in [-0.3, -0.25) is 0 Å². The SMILES string of the molecule is CC1(C)c2ccccc2-c2ccc(N(c3ccc(-c4ccc5c(ccc6cc(-c7ccccc7)ccc65)c4)cc3)c3ccc(-c4cccc5ccccc45)cc3)cc21. The Morgan fingerprint density at radius 2 is 0.810 bits per heavy atom. The largest absolute Gasteiger partial charge is 0.310 e. The lowest BCUT2D eigenvalue weighted by Gasteiger charge is -2.28. The molecule has 1 aliphatic carbocycles. The van der Waals surface area contributed by atoms with Crippen LogP contribution < -0.4 is 4.90 Å². The van der Waals surface area contributed by atoms with E-state index in [1.807, 2.05) is 0 Å². The normalized spacial score (nSPS) is 12.8. The Kier molecular flexibility index (Phi) is 7.91. The van der Waals surface area contributed by atoms with Gasteiger partial charge in [0.15, 0.2) is 0 Å². The third kappa shape index (κ3) is 5.62. The maximum Gasteiger partial charge on any atom is 0.0465 e. The number of benzene rings is 10. The average molecular weight is 740 g/mol. The first-order valence-electron chi connectivity index (χ1n) is 20.2. The summed E-state index contributed by atoms with van der Waals surface area (Å²) in [4.78, 5) is 2.41. The molecule has 0 aromatic heterocycles. The van der Waals surface area contributed by atoms with Crippen LogP contribution in [0.3, 0.4) is 0 Å². The van der Waals surface area contributed by atoms with Crippen molar-refractivity contribution in [3.8, 4) is 44.5 Å². The van der Waals surface area contributed by atoms with Crippen LogP contribution in [0.5, 0.6) is 0 Å². The van der Waals surface area contributed by atoms with Crippen LogP contribution in [0.25, 0.3) is 76.8 Å². The summed E-state index contributed by atoms with van der Waals surface area (Å²) >= 11 is 0. The van der Waals surface area contributed by atoms with Gasteiger partial charge in [-0.2, -0.15) is 0 Å². The number of fused-ring (bicyclic) bond motifs is 7. The van der Waals surface area contributed by atoms with Gasteiger partial charge in [-0.05, 0) is 136 Å². The van der Waals surface area contributed by atoms with Crippen LogP contribution in [0.2, 0.25) is 0 Å². The highest BCUT2D eigenvalue weighted by molar-refractivity contribution is 6.09. The summed E-state index contributed by atoms with van der Waals surface area (Å²) < 4.78 is 0. The summed E-state index contributed by atoms with van der Waals surface area (Å²) in [6.45, 7) is 4.71. The number of anilines is 3. The van der Waals surface area contributed by atoms with E-state index in [1.165, 1.54) is 88.0 Å². The molecule has 1 heteroatoms. The fourth-order valence-electron chi connectivity index (χ4n) is 9.41. The Bertz CT molecular complexity index is 3170. The summed E-state index contributed by atoms with van der Waals surface area (Å²) in [5, 5.41) is 7.58. The van der Waals surface area contributed by atoms with Gasteiger partial charge in [-0.25, -0.2) is 0 Å². The molecule has 10 aromatic rings. The molecule has 0 bridgehead atoms. The number of hydrogen-bond donors (Lipinski definition) is 0. The minimum atomic E-state index is -0.0960. The molecule has 0 aliphatic heterocycles. The predicted molar refractivity (Wildman–Crippen MR) is 248 cm³/mol. The second-order valence-electron chi connectivity index (χ2n) is 16.2. The monoisotopic (exact) mass is 739 g/mol. The van der Waals surface area contributed by atoms with Crippen LogP contribution in [0.15, 0.2) is 212 Å². The fourth-order valence-corrected chi connectivity index (χ4v) is 9.41. The van der Waals surface area contributed by atoms with Crippen LogP contribution in [0, 0.1) is 0 Å². The lowest BCUT2D eigenvalue weighted by Crippen LogP contribution is -2.16. The Morgan fingerprint density at radius 1 is 0.293 bits per heavy atom. The summed E-state index contributed by atoms with van der Waals surface area (Å²) in [6, 6.07) is 78.2. The van der Waals surface area contributed by atoms with Crippen LogP contribution in [0.4, 0.5) is 17.1 Å². The minimum absolute atomic E-state index is 0.0960. The van der Waals surface area contributed by atoms with E-state index < -0.39 is 0 Å². The summed E-state index contributed by atoms with van der Waals surface area (Å²) in [7, 11) is 0. The van der Waals surface area contributed by atoms with E-state index in [0.717, 1.165) is 17.1 Å². The Morgan fingerprint density at radius 3 is 1.52 bits per heavy atom. The van der Waals surface area contributed by atoms with Crippen molar-refractivity contribution in [2.24, 2.45) is 0 Å². The molecular weight excluding hydrogens is 699 g/mol. The molecule has 0 amide bonds. The van der Waals surface area contributed by atoms with Crippen molar-refractivity contribution >= 4 is 49.4 Å². The number of nitrogens with zero attached hydrogens (tertiary/aromatic N) is 1. The Labute approximate surface area is 340 Å². The van der Waals surface area contributed by atoms with Gasteiger partial charge in [-0.15, -0.1) is 0 Å². The van der Waals surface area contributed by atoms with Gasteiger partial charge in [0.1, 0.15) is 0 Å². The summed E-state index contributed by atoms with van der Waals surface area (Å²) in [6.07, 6.45) is 0. The molecule has 11 rings (SSSR count). The first kappa shape index (κ1) is 34.1. The van der Waals surface area contributed by atoms with Crippen LogP contribution in [-0.4, -0.2) is 0 Å². The van der Waals surface area contributed by atoms with E-state index in [2.05, 4.69) is 231 Å². The molecule has 10 aromatic carbocycles. The molecule has 58 heavy (non-hydrogen) atoms. The summed E-state index contributed by atoms with van der Waals surface area (Å²) in [5.74, 6) is 0. The van der Waals surface area contributed by atoms with E-state index in [1.54, 1.807) is 0 Å². The zero-order valence-corrected chi connectivity index (χ0v) is 32.7. The second-order valence-corrected chi connectivity index (χ2v) is 16.2. The maximum atomic E-state index is 2.41. The molecule has 0 unspecified atom stereocenters. The summed E-state index contributed by atoms with van der Waals surface area (Å²) in [5.41, 5.74) is 16.1. The van der Waals surface area contributed by atoms with Crippen LogP contribution in [0.1, 0.15) is 25.0 Å². The first-order chi connectivity index (χ1) is 28.5. The average Bonchev–Trinajstić information content (AvgIpc) is 3.52. The van der Waals surface area contributed by atoms with E-state index in [0.29, 0.717) is 0 Å². The van der Waals surface area contributed by atoms with Gasteiger partial charge < -0.3 is 4.90 Å². The highest BCUT2D eigenvalue weighted by Gasteiger charge is 2.35. The van der Waals surface area contributed by atoms with E-state index in [9.17, 15) is 0 Å². The smallest absolute Gasteiger partial charge is 0.0465 e. The first-order valence-corrected chi connectivity index (χ1v) is 20.2. The third-order valence-electron chi connectivity index (χ3n) is 12.5. The molecule has 0 heterocycles. The van der Waals surface area contributed by atoms with Gasteiger partial charge in [-0.1, -0.05) is 178 Å². The standard InChI is InChI=1S/C57H41N/c1-57(2)55-18-9-8-16-53(55)54-34-31-48(37-56(54)57)58(47-29-23-41(24-30-47)50-17-10-14-40-13-6-7-15-49(40)50)46-27-21-39(22-28-46)43-26-33-52-45(36-43)20-19-44-35-42(25-32-51(44)52)38-11-4-3-5-12-38/h3-37H,1-2H3. The van der Waals surface area contributed by atoms with Crippen molar-refractivity contribution in [3.05, 3.63) is 223 Å². The second kappa shape index (κ2) is 13.5. The van der Waals surface area contributed by atoms with Crippen molar-refractivity contribution in [2.45, 2.75) is 19.3 Å². The van der Waals surface area contributed by atoms with Crippen molar-refractivity contribution in [1.29, 1.82) is 0 Å². The van der Waals surface area contributed by atoms with Crippen molar-refractivity contribution in [1.82, 2.24) is 0 Å². The Balaban J connectivity index is 0.973. The third-order valence-corrected chi connectivity index (χ3v) is 12.5. The molecule has 1 aliphatic rings. The molecule has 0 saturated carbocycles. The van der Waals surface area contributed by atoms with Gasteiger partial charge in [0.25, 0.3) is 0 Å². The van der Waals surface area contributed by atoms with Crippen molar-refractivity contribution in [2.75, 3.05) is 4.90 Å².